The van der Waals surface area contributed by atoms with E-state index in [1.54, 1.807) is 0 Å². The Kier molecular flexibility index (Phi) is 21.1. The third-order valence-electron chi connectivity index (χ3n) is 10.0. The van der Waals surface area contributed by atoms with E-state index in [2.05, 4.69) is 13.8 Å². The second-order valence-corrected chi connectivity index (χ2v) is 13.3. The number of hydrogen-bond donors (Lipinski definition) is 4. The summed E-state index contributed by atoms with van der Waals surface area (Å²) in [6, 6.07) is 0. The first kappa shape index (κ1) is 38.9. The maximum atomic E-state index is 11.0. The van der Waals surface area contributed by atoms with Gasteiger partial charge in [0.2, 0.25) is 0 Å². The van der Waals surface area contributed by atoms with Crippen molar-refractivity contribution in [2.24, 2.45) is 35.5 Å². The van der Waals surface area contributed by atoms with Crippen molar-refractivity contribution < 1.29 is 39.6 Å². The lowest BCUT2D eigenvalue weighted by atomic mass is 9.70. The molecule has 8 nitrogen and oxygen atoms in total. The maximum absolute atomic E-state index is 11.0. The average Bonchev–Trinajstić information content (AvgIpc) is 3.08. The summed E-state index contributed by atoms with van der Waals surface area (Å²) >= 11 is 0. The van der Waals surface area contributed by atoms with Gasteiger partial charge in [-0.3, -0.25) is 19.2 Å². The zero-order valence-corrected chi connectivity index (χ0v) is 27.1. The van der Waals surface area contributed by atoms with E-state index in [1.165, 1.54) is 83.5 Å². The SMILES string of the molecule is CCCC1CCCC(C)C(CCCCCCCCCC(C(=O)O)C(=O)O)C1CCCCCCCCCC(C(=O)O)C(=O)O. The summed E-state index contributed by atoms with van der Waals surface area (Å²) in [6.07, 6.45) is 24.6. The van der Waals surface area contributed by atoms with E-state index < -0.39 is 35.7 Å². The van der Waals surface area contributed by atoms with Crippen molar-refractivity contribution in [1.29, 1.82) is 0 Å². The summed E-state index contributed by atoms with van der Waals surface area (Å²) in [4.78, 5) is 44.0. The van der Waals surface area contributed by atoms with E-state index >= 15 is 0 Å². The first-order valence-corrected chi connectivity index (χ1v) is 17.5. The molecule has 0 saturated heterocycles. The van der Waals surface area contributed by atoms with Crippen LogP contribution in [0.4, 0.5) is 0 Å². The van der Waals surface area contributed by atoms with Gasteiger partial charge in [-0.25, -0.2) is 0 Å². The molecule has 1 aliphatic carbocycles. The van der Waals surface area contributed by atoms with Gasteiger partial charge in [-0.2, -0.15) is 0 Å². The van der Waals surface area contributed by atoms with Gasteiger partial charge in [0.05, 0.1) is 0 Å². The van der Waals surface area contributed by atoms with Crippen LogP contribution in [0.2, 0.25) is 0 Å². The lowest BCUT2D eigenvalue weighted by Crippen LogP contribution is -2.26. The normalized spacial score (nSPS) is 20.7. The van der Waals surface area contributed by atoms with Crippen molar-refractivity contribution in [3.8, 4) is 0 Å². The molecule has 0 heterocycles. The van der Waals surface area contributed by atoms with Gasteiger partial charge in [0, 0.05) is 0 Å². The Morgan fingerprint density at radius 2 is 0.907 bits per heavy atom. The standard InChI is InChI=1S/C35H62O8/c1-3-19-27-21-18-20-26(2)28(22-14-10-6-4-8-12-16-24-30(32(36)37)33(38)39)29(27)23-15-11-7-5-9-13-17-25-31(34(40)41)35(42)43/h26-31H,3-25H2,1-2H3,(H,36,37)(H,38,39)(H,40,41)(H,42,43). The highest BCUT2D eigenvalue weighted by Crippen LogP contribution is 2.44. The Labute approximate surface area is 260 Å². The van der Waals surface area contributed by atoms with Gasteiger partial charge < -0.3 is 20.4 Å². The molecule has 4 unspecified atom stereocenters. The molecule has 4 N–H and O–H groups in total. The number of aliphatic carboxylic acids is 4. The van der Waals surface area contributed by atoms with Crippen LogP contribution in [0.15, 0.2) is 0 Å². The lowest BCUT2D eigenvalue weighted by molar-refractivity contribution is -0.156. The molecular formula is C35H62O8. The quantitative estimate of drug-likeness (QED) is 0.0430. The summed E-state index contributed by atoms with van der Waals surface area (Å²) in [5, 5.41) is 36.0. The molecule has 0 radical (unpaired) electrons. The topological polar surface area (TPSA) is 149 Å². The average molecular weight is 611 g/mol. The fraction of sp³-hybridized carbons (Fsp3) is 0.886. The lowest BCUT2D eigenvalue weighted by Gasteiger charge is -2.35. The fourth-order valence-electron chi connectivity index (χ4n) is 7.51. The van der Waals surface area contributed by atoms with Crippen LogP contribution in [0, 0.1) is 35.5 Å². The summed E-state index contributed by atoms with van der Waals surface area (Å²) in [6.45, 7) is 4.80. The molecular weight excluding hydrogens is 548 g/mol. The van der Waals surface area contributed by atoms with Crippen LogP contribution >= 0.6 is 0 Å². The zero-order valence-electron chi connectivity index (χ0n) is 27.1. The van der Waals surface area contributed by atoms with E-state index in [0.29, 0.717) is 12.8 Å². The predicted molar refractivity (Wildman–Crippen MR) is 169 cm³/mol. The Morgan fingerprint density at radius 3 is 1.30 bits per heavy atom. The minimum Gasteiger partial charge on any atom is -0.481 e. The van der Waals surface area contributed by atoms with Crippen molar-refractivity contribution in [3.63, 3.8) is 0 Å². The molecule has 8 heteroatoms. The number of carbonyl (C=O) groups is 4. The molecule has 0 aliphatic heterocycles. The summed E-state index contributed by atoms with van der Waals surface area (Å²) in [5.74, 6) is -4.25. The van der Waals surface area contributed by atoms with Crippen LogP contribution in [0.5, 0.6) is 0 Å². The van der Waals surface area contributed by atoms with Gasteiger partial charge in [0.25, 0.3) is 0 Å². The summed E-state index contributed by atoms with van der Waals surface area (Å²) in [5.41, 5.74) is 0. The second kappa shape index (κ2) is 23.3. The third-order valence-corrected chi connectivity index (χ3v) is 10.0. The predicted octanol–water partition coefficient (Wildman–Crippen LogP) is 9.05. The van der Waals surface area contributed by atoms with Gasteiger partial charge in [-0.1, -0.05) is 136 Å². The number of carboxylic acid groups (broad SMARTS) is 4. The van der Waals surface area contributed by atoms with Crippen LogP contribution in [0.3, 0.4) is 0 Å². The van der Waals surface area contributed by atoms with Crippen LogP contribution < -0.4 is 0 Å². The molecule has 43 heavy (non-hydrogen) atoms. The Bertz CT molecular complexity index is 769. The van der Waals surface area contributed by atoms with E-state index in [0.717, 1.165) is 62.2 Å². The van der Waals surface area contributed by atoms with Crippen molar-refractivity contribution in [1.82, 2.24) is 0 Å². The first-order chi connectivity index (χ1) is 20.6. The monoisotopic (exact) mass is 610 g/mol. The number of unbranched alkanes of at least 4 members (excludes halogenated alkanes) is 12. The van der Waals surface area contributed by atoms with Crippen molar-refractivity contribution in [2.45, 2.75) is 162 Å². The summed E-state index contributed by atoms with van der Waals surface area (Å²) < 4.78 is 0. The van der Waals surface area contributed by atoms with E-state index in [1.807, 2.05) is 0 Å². The smallest absolute Gasteiger partial charge is 0.317 e. The van der Waals surface area contributed by atoms with Crippen molar-refractivity contribution in [3.05, 3.63) is 0 Å². The Balaban J connectivity index is 2.37. The number of rotatable bonds is 26. The third kappa shape index (κ3) is 16.5. The van der Waals surface area contributed by atoms with Crippen LogP contribution in [0.1, 0.15) is 162 Å². The van der Waals surface area contributed by atoms with Gasteiger partial charge in [0.1, 0.15) is 0 Å². The Morgan fingerprint density at radius 1 is 0.535 bits per heavy atom. The first-order valence-electron chi connectivity index (χ1n) is 17.5. The largest absolute Gasteiger partial charge is 0.481 e. The minimum absolute atomic E-state index is 0.216. The molecule has 0 aromatic rings. The number of hydrogen-bond acceptors (Lipinski definition) is 4. The molecule has 1 rings (SSSR count). The molecule has 1 fully saturated rings. The highest BCUT2D eigenvalue weighted by atomic mass is 16.4. The van der Waals surface area contributed by atoms with Gasteiger partial charge in [0.15, 0.2) is 11.8 Å². The van der Waals surface area contributed by atoms with Crippen LogP contribution in [0.25, 0.3) is 0 Å². The van der Waals surface area contributed by atoms with Crippen LogP contribution in [-0.2, 0) is 19.2 Å². The summed E-state index contributed by atoms with van der Waals surface area (Å²) in [7, 11) is 0. The van der Waals surface area contributed by atoms with Crippen molar-refractivity contribution in [2.75, 3.05) is 0 Å². The fourth-order valence-corrected chi connectivity index (χ4v) is 7.51. The Hall–Kier alpha value is -2.12. The van der Waals surface area contributed by atoms with Crippen LogP contribution in [-0.4, -0.2) is 44.3 Å². The second-order valence-electron chi connectivity index (χ2n) is 13.3. The van der Waals surface area contributed by atoms with Crippen molar-refractivity contribution >= 4 is 23.9 Å². The van der Waals surface area contributed by atoms with E-state index in [9.17, 15) is 19.2 Å². The van der Waals surface area contributed by atoms with E-state index in [4.69, 9.17) is 20.4 Å². The molecule has 250 valence electrons. The zero-order chi connectivity index (χ0) is 32.0. The highest BCUT2D eigenvalue weighted by Gasteiger charge is 2.34. The molecule has 0 amide bonds. The molecule has 1 aliphatic rings. The van der Waals surface area contributed by atoms with Gasteiger partial charge >= 0.3 is 23.9 Å². The molecule has 1 saturated carbocycles. The molecule has 0 bridgehead atoms. The molecule has 0 aromatic carbocycles. The van der Waals surface area contributed by atoms with E-state index in [-0.39, 0.29) is 12.8 Å². The van der Waals surface area contributed by atoms with Gasteiger partial charge in [-0.05, 0) is 49.4 Å². The molecule has 0 aromatic heterocycles. The molecule has 0 spiro atoms. The molecule has 4 atom stereocenters. The van der Waals surface area contributed by atoms with Gasteiger partial charge in [-0.15, -0.1) is 0 Å². The minimum atomic E-state index is -1.27. The number of carboxylic acids is 4. The maximum Gasteiger partial charge on any atom is 0.317 e. The highest BCUT2D eigenvalue weighted by molar-refractivity contribution is 5.93.